The van der Waals surface area contributed by atoms with Gasteiger partial charge in [0.25, 0.3) is 0 Å². The van der Waals surface area contributed by atoms with Gasteiger partial charge in [-0.15, -0.1) is 0 Å². The number of nitrogens with one attached hydrogen (secondary N) is 1. The van der Waals surface area contributed by atoms with Crippen LogP contribution in [0.1, 0.15) is 55.7 Å². The van der Waals surface area contributed by atoms with Crippen LogP contribution in [-0.4, -0.2) is 39.1 Å². The third-order valence-corrected chi connectivity index (χ3v) is 7.63. The molecule has 2 N–H and O–H groups in total. The highest BCUT2D eigenvalue weighted by Gasteiger charge is 2.49. The van der Waals surface area contributed by atoms with E-state index in [2.05, 4.69) is 10.2 Å². The topological polar surface area (TPSA) is 80.1 Å². The predicted octanol–water partition coefficient (Wildman–Crippen LogP) is 5.65. The molecule has 2 aromatic carbocycles. The van der Waals surface area contributed by atoms with Crippen LogP contribution in [0.4, 0.5) is 8.78 Å². The Hall–Kier alpha value is -3.26. The van der Waals surface area contributed by atoms with Crippen molar-refractivity contribution in [2.75, 3.05) is 13.2 Å². The number of carboxylic acids is 1. The Morgan fingerprint density at radius 1 is 1.21 bits per heavy atom. The molecule has 1 saturated carbocycles. The van der Waals surface area contributed by atoms with E-state index in [1.54, 1.807) is 19.2 Å². The van der Waals surface area contributed by atoms with E-state index in [0.717, 1.165) is 52.0 Å². The van der Waals surface area contributed by atoms with Crippen molar-refractivity contribution in [2.24, 2.45) is 5.41 Å². The van der Waals surface area contributed by atoms with E-state index >= 15 is 0 Å². The minimum atomic E-state index is -0.904. The number of fused-ring (bicyclic) bond motifs is 2. The maximum Gasteiger partial charge on any atom is 0.309 e. The minimum absolute atomic E-state index is 0.0486. The number of hydrogen-bond donors (Lipinski definition) is 2. The van der Waals surface area contributed by atoms with Crippen molar-refractivity contribution in [1.29, 1.82) is 0 Å². The molecule has 1 unspecified atom stereocenters. The molecule has 6 nitrogen and oxygen atoms in total. The molecule has 1 aliphatic heterocycles. The number of carbonyl (C=O) groups is 1. The van der Waals surface area contributed by atoms with Crippen molar-refractivity contribution < 1.29 is 23.4 Å². The molecule has 1 saturated heterocycles. The quantitative estimate of drug-likeness (QED) is 0.408. The molecule has 4 aromatic rings. The monoisotopic (exact) mass is 465 g/mol. The lowest BCUT2D eigenvalue weighted by atomic mass is 9.60. The Bertz CT molecular complexity index is 1430. The lowest BCUT2D eigenvalue weighted by molar-refractivity contribution is -0.154. The highest BCUT2D eigenvalue weighted by Crippen LogP contribution is 2.55. The number of carboxylic acid groups (broad SMARTS) is 1. The third kappa shape index (κ3) is 3.15. The zero-order valence-electron chi connectivity index (χ0n) is 18.8. The molecular formula is C26H25F2N3O3. The Balaban J connectivity index is 1.65. The van der Waals surface area contributed by atoms with Crippen LogP contribution < -0.4 is 0 Å². The van der Waals surface area contributed by atoms with Crippen molar-refractivity contribution in [3.8, 4) is 5.69 Å². The zero-order chi connectivity index (χ0) is 23.6. The number of H-pyrrole nitrogens is 1. The number of aromatic amines is 1. The predicted molar refractivity (Wildman–Crippen MR) is 123 cm³/mol. The molecule has 8 heteroatoms. The highest BCUT2D eigenvalue weighted by atomic mass is 19.2. The molecule has 2 aromatic heterocycles. The zero-order valence-corrected chi connectivity index (χ0v) is 18.8. The maximum absolute atomic E-state index is 14.4. The molecule has 0 radical (unpaired) electrons. The Morgan fingerprint density at radius 2 is 2.03 bits per heavy atom. The summed E-state index contributed by atoms with van der Waals surface area (Å²) in [6.07, 6.45) is 4.62. The average molecular weight is 466 g/mol. The summed E-state index contributed by atoms with van der Waals surface area (Å²) in [5.74, 6) is -2.47. The normalized spacial score (nSPS) is 25.0. The van der Waals surface area contributed by atoms with Crippen molar-refractivity contribution in [1.82, 2.24) is 14.8 Å². The van der Waals surface area contributed by atoms with Crippen LogP contribution in [0, 0.1) is 17.0 Å². The molecule has 34 heavy (non-hydrogen) atoms. The van der Waals surface area contributed by atoms with E-state index in [0.29, 0.717) is 31.7 Å². The lowest BCUT2D eigenvalue weighted by Crippen LogP contribution is -2.40. The molecule has 2 aliphatic rings. The second kappa shape index (κ2) is 7.63. The summed E-state index contributed by atoms with van der Waals surface area (Å²) in [4.78, 5) is 11.9. The second-order valence-corrected chi connectivity index (χ2v) is 9.94. The molecule has 0 amide bonds. The molecule has 176 valence electrons. The van der Waals surface area contributed by atoms with E-state index in [1.807, 2.05) is 16.7 Å². The molecule has 2 fully saturated rings. The van der Waals surface area contributed by atoms with Gasteiger partial charge < -0.3 is 14.4 Å². The first-order valence-electron chi connectivity index (χ1n) is 11.6. The maximum atomic E-state index is 14.4. The van der Waals surface area contributed by atoms with Crippen LogP contribution >= 0.6 is 0 Å². The number of ether oxygens (including phenoxy) is 1. The SMILES string of the molecule is C[C@]1(C(=O)O)C[C@@H](c2c(C3CCCOC3)n(-c3ccc(F)c(F)c3)c3cc4cn[nH]c4cc32)C1. The van der Waals surface area contributed by atoms with Crippen LogP contribution in [0.5, 0.6) is 0 Å². The second-order valence-electron chi connectivity index (χ2n) is 9.94. The Morgan fingerprint density at radius 3 is 2.74 bits per heavy atom. The standard InChI is InChI=1S/C26H25F2N3O3/c1-26(25(32)33)10-16(11-26)23-18-9-21-15(12-29-30-21)7-22(18)31(17-4-5-19(27)20(28)8-17)24(23)14-3-2-6-34-13-14/h4-5,7-9,12,14,16H,2-3,6,10-11,13H2,1H3,(H,29,30)(H,32,33)/t14?,16-,26+. The number of halogens is 2. The summed E-state index contributed by atoms with van der Waals surface area (Å²) in [7, 11) is 0. The van der Waals surface area contributed by atoms with Crippen LogP contribution in [0.25, 0.3) is 27.5 Å². The van der Waals surface area contributed by atoms with Gasteiger partial charge in [-0.3, -0.25) is 9.89 Å². The fraction of sp³-hybridized carbons (Fsp3) is 0.385. The Labute approximate surface area is 194 Å². The number of aromatic nitrogens is 3. The number of benzene rings is 2. The fourth-order valence-electron chi connectivity index (χ4n) is 5.87. The largest absolute Gasteiger partial charge is 0.481 e. The minimum Gasteiger partial charge on any atom is -0.481 e. The molecule has 3 heterocycles. The van der Waals surface area contributed by atoms with Crippen LogP contribution in [0.15, 0.2) is 36.5 Å². The van der Waals surface area contributed by atoms with E-state index < -0.39 is 23.0 Å². The van der Waals surface area contributed by atoms with Gasteiger partial charge in [0.1, 0.15) is 0 Å². The van der Waals surface area contributed by atoms with Gasteiger partial charge in [0.2, 0.25) is 0 Å². The summed E-state index contributed by atoms with van der Waals surface area (Å²) in [6, 6.07) is 8.04. The van der Waals surface area contributed by atoms with Gasteiger partial charge in [0.05, 0.1) is 29.3 Å². The van der Waals surface area contributed by atoms with Crippen LogP contribution in [-0.2, 0) is 9.53 Å². The van der Waals surface area contributed by atoms with Crippen molar-refractivity contribution in [3.05, 3.63) is 59.4 Å². The summed E-state index contributed by atoms with van der Waals surface area (Å²) in [6.45, 7) is 3.03. The van der Waals surface area contributed by atoms with Gasteiger partial charge in [-0.2, -0.15) is 5.10 Å². The highest BCUT2D eigenvalue weighted by molar-refractivity contribution is 5.99. The third-order valence-electron chi connectivity index (χ3n) is 7.63. The molecule has 1 aliphatic carbocycles. The summed E-state index contributed by atoms with van der Waals surface area (Å²) < 4.78 is 36.1. The first-order chi connectivity index (χ1) is 16.4. The fourth-order valence-corrected chi connectivity index (χ4v) is 5.87. The lowest BCUT2D eigenvalue weighted by Gasteiger charge is -2.43. The molecular weight excluding hydrogens is 440 g/mol. The van der Waals surface area contributed by atoms with E-state index in [1.165, 1.54) is 6.07 Å². The summed E-state index contributed by atoms with van der Waals surface area (Å²) in [5, 5.41) is 18.8. The summed E-state index contributed by atoms with van der Waals surface area (Å²) >= 11 is 0. The van der Waals surface area contributed by atoms with Gasteiger partial charge in [-0.1, -0.05) is 0 Å². The van der Waals surface area contributed by atoms with Gasteiger partial charge >= 0.3 is 5.97 Å². The van der Waals surface area contributed by atoms with Crippen LogP contribution in [0.2, 0.25) is 0 Å². The first kappa shape index (κ1) is 21.3. The van der Waals surface area contributed by atoms with Gasteiger partial charge in [-0.05, 0) is 68.4 Å². The van der Waals surface area contributed by atoms with Crippen molar-refractivity contribution >= 4 is 27.8 Å². The number of rotatable bonds is 4. The van der Waals surface area contributed by atoms with Crippen molar-refractivity contribution in [2.45, 2.75) is 44.4 Å². The molecule has 0 spiro atoms. The molecule has 0 bridgehead atoms. The average Bonchev–Trinajstić information content (AvgIpc) is 3.39. The van der Waals surface area contributed by atoms with Gasteiger partial charge in [-0.25, -0.2) is 8.78 Å². The van der Waals surface area contributed by atoms with Gasteiger partial charge in [0.15, 0.2) is 11.6 Å². The molecule has 6 rings (SSSR count). The van der Waals surface area contributed by atoms with E-state index in [4.69, 9.17) is 4.74 Å². The summed E-state index contributed by atoms with van der Waals surface area (Å²) in [5.41, 5.74) is 3.63. The number of nitrogens with zero attached hydrogens (tertiary/aromatic N) is 2. The smallest absolute Gasteiger partial charge is 0.309 e. The first-order valence-corrected chi connectivity index (χ1v) is 11.6. The number of aliphatic carboxylic acids is 1. The number of hydrogen-bond acceptors (Lipinski definition) is 3. The van der Waals surface area contributed by atoms with Crippen LogP contribution in [0.3, 0.4) is 0 Å². The van der Waals surface area contributed by atoms with E-state index in [9.17, 15) is 18.7 Å². The molecule has 1 atom stereocenters. The van der Waals surface area contributed by atoms with E-state index in [-0.39, 0.29) is 11.8 Å². The van der Waals surface area contributed by atoms with Crippen molar-refractivity contribution in [3.63, 3.8) is 0 Å². The Kier molecular flexibility index (Phi) is 4.78. The van der Waals surface area contributed by atoms with Gasteiger partial charge in [0, 0.05) is 40.7 Å².